The fraction of sp³-hybridized carbons (Fsp3) is 0.929. The van der Waals surface area contributed by atoms with Crippen molar-refractivity contribution in [2.24, 2.45) is 0 Å². The molecule has 0 heterocycles. The number of alkyl halides is 1. The normalized spacial score (nSPS) is 12.4. The second-order valence-corrected chi connectivity index (χ2v) is 5.33. The SMILES string of the molecule is CCCCCCCCC(=O)NCCC(Cl)COC. The van der Waals surface area contributed by atoms with Gasteiger partial charge in [0.1, 0.15) is 0 Å². The van der Waals surface area contributed by atoms with Gasteiger partial charge in [-0.2, -0.15) is 0 Å². The van der Waals surface area contributed by atoms with E-state index in [1.54, 1.807) is 7.11 Å². The Labute approximate surface area is 117 Å². The maximum Gasteiger partial charge on any atom is 0.219 e. The number of rotatable bonds is 12. The summed E-state index contributed by atoms with van der Waals surface area (Å²) in [6.07, 6.45) is 8.68. The monoisotopic (exact) mass is 277 g/mol. The van der Waals surface area contributed by atoms with Gasteiger partial charge in [0, 0.05) is 20.1 Å². The highest BCUT2D eigenvalue weighted by atomic mass is 35.5. The van der Waals surface area contributed by atoms with E-state index >= 15 is 0 Å². The van der Waals surface area contributed by atoms with Crippen molar-refractivity contribution >= 4 is 17.5 Å². The Kier molecular flexibility index (Phi) is 13.0. The molecule has 0 bridgehead atoms. The zero-order valence-electron chi connectivity index (χ0n) is 11.8. The first-order valence-electron chi connectivity index (χ1n) is 7.10. The Morgan fingerprint density at radius 1 is 1.22 bits per heavy atom. The molecular weight excluding hydrogens is 250 g/mol. The van der Waals surface area contributed by atoms with Crippen molar-refractivity contribution < 1.29 is 9.53 Å². The summed E-state index contributed by atoms with van der Waals surface area (Å²) in [6.45, 7) is 3.39. The number of carbonyl (C=O) groups excluding carboxylic acids is 1. The molecule has 0 aromatic rings. The molecule has 1 N–H and O–H groups in total. The van der Waals surface area contributed by atoms with Gasteiger partial charge in [0.15, 0.2) is 0 Å². The van der Waals surface area contributed by atoms with Gasteiger partial charge >= 0.3 is 0 Å². The molecule has 0 rings (SSSR count). The Balaban J connectivity index is 3.27. The van der Waals surface area contributed by atoms with Gasteiger partial charge in [0.2, 0.25) is 5.91 Å². The van der Waals surface area contributed by atoms with Crippen molar-refractivity contribution in [2.75, 3.05) is 20.3 Å². The standard InChI is InChI=1S/C14H28ClNO2/c1-3-4-5-6-7-8-9-14(17)16-11-10-13(15)12-18-2/h13H,3-12H2,1-2H3,(H,16,17). The van der Waals surface area contributed by atoms with Gasteiger partial charge in [-0.05, 0) is 12.8 Å². The van der Waals surface area contributed by atoms with Crippen LogP contribution in [-0.4, -0.2) is 31.5 Å². The van der Waals surface area contributed by atoms with Crippen LogP contribution in [0.2, 0.25) is 0 Å². The summed E-state index contributed by atoms with van der Waals surface area (Å²) in [4.78, 5) is 11.5. The first-order chi connectivity index (χ1) is 8.70. The third-order valence-electron chi connectivity index (χ3n) is 2.88. The van der Waals surface area contributed by atoms with E-state index in [1.165, 1.54) is 25.7 Å². The highest BCUT2D eigenvalue weighted by Crippen LogP contribution is 2.07. The molecule has 3 nitrogen and oxygen atoms in total. The van der Waals surface area contributed by atoms with Crippen LogP contribution in [0.15, 0.2) is 0 Å². The number of carbonyl (C=O) groups is 1. The molecule has 0 aliphatic heterocycles. The number of unbranched alkanes of at least 4 members (excludes halogenated alkanes) is 5. The fourth-order valence-corrected chi connectivity index (χ4v) is 2.02. The zero-order valence-corrected chi connectivity index (χ0v) is 12.6. The van der Waals surface area contributed by atoms with Gasteiger partial charge in [-0.3, -0.25) is 4.79 Å². The predicted octanol–water partition coefficient (Wildman–Crippen LogP) is 3.50. The molecule has 4 heteroatoms. The minimum Gasteiger partial charge on any atom is -0.383 e. The second-order valence-electron chi connectivity index (χ2n) is 4.71. The van der Waals surface area contributed by atoms with Crippen LogP contribution in [0.25, 0.3) is 0 Å². The number of nitrogens with one attached hydrogen (secondary N) is 1. The summed E-state index contributed by atoms with van der Waals surface area (Å²) < 4.78 is 4.93. The molecular formula is C14H28ClNO2. The molecule has 18 heavy (non-hydrogen) atoms. The lowest BCUT2D eigenvalue weighted by atomic mass is 10.1. The van der Waals surface area contributed by atoms with Crippen LogP contribution in [0.4, 0.5) is 0 Å². The van der Waals surface area contributed by atoms with E-state index in [-0.39, 0.29) is 11.3 Å². The van der Waals surface area contributed by atoms with Crippen molar-refractivity contribution in [3.05, 3.63) is 0 Å². The quantitative estimate of drug-likeness (QED) is 0.438. The first-order valence-corrected chi connectivity index (χ1v) is 7.54. The summed E-state index contributed by atoms with van der Waals surface area (Å²) in [6, 6.07) is 0. The van der Waals surface area contributed by atoms with Gasteiger partial charge in [0.25, 0.3) is 0 Å². The Bertz CT molecular complexity index is 200. The Morgan fingerprint density at radius 2 is 1.89 bits per heavy atom. The van der Waals surface area contributed by atoms with Gasteiger partial charge < -0.3 is 10.1 Å². The van der Waals surface area contributed by atoms with Gasteiger partial charge in [0.05, 0.1) is 12.0 Å². The third-order valence-corrected chi connectivity index (χ3v) is 3.23. The summed E-state index contributed by atoms with van der Waals surface area (Å²) in [5.74, 6) is 0.145. The Hall–Kier alpha value is -0.280. The van der Waals surface area contributed by atoms with Gasteiger partial charge in [-0.1, -0.05) is 39.0 Å². The number of hydrogen-bond donors (Lipinski definition) is 1. The third kappa shape index (κ3) is 12.2. The van der Waals surface area contributed by atoms with Crippen molar-refractivity contribution in [1.82, 2.24) is 5.32 Å². The predicted molar refractivity (Wildman–Crippen MR) is 77.1 cm³/mol. The van der Waals surface area contributed by atoms with Crippen LogP contribution >= 0.6 is 11.6 Å². The highest BCUT2D eigenvalue weighted by molar-refractivity contribution is 6.20. The van der Waals surface area contributed by atoms with E-state index in [9.17, 15) is 4.79 Å². The summed E-state index contributed by atoms with van der Waals surface area (Å²) >= 11 is 5.96. The molecule has 0 aromatic heterocycles. The number of halogens is 1. The van der Waals surface area contributed by atoms with Crippen molar-refractivity contribution in [3.8, 4) is 0 Å². The molecule has 0 radical (unpaired) electrons. The highest BCUT2D eigenvalue weighted by Gasteiger charge is 2.05. The average Bonchev–Trinajstić information content (AvgIpc) is 2.34. The fourth-order valence-electron chi connectivity index (χ4n) is 1.79. The molecule has 1 atom stereocenters. The smallest absolute Gasteiger partial charge is 0.219 e. The molecule has 0 aliphatic carbocycles. The van der Waals surface area contributed by atoms with E-state index in [1.807, 2.05) is 0 Å². The van der Waals surface area contributed by atoms with Gasteiger partial charge in [-0.15, -0.1) is 11.6 Å². The number of amides is 1. The lowest BCUT2D eigenvalue weighted by molar-refractivity contribution is -0.121. The molecule has 0 aliphatic rings. The van der Waals surface area contributed by atoms with E-state index in [4.69, 9.17) is 16.3 Å². The number of methoxy groups -OCH3 is 1. The van der Waals surface area contributed by atoms with E-state index in [0.717, 1.165) is 19.3 Å². The van der Waals surface area contributed by atoms with Crippen LogP contribution < -0.4 is 5.32 Å². The van der Waals surface area contributed by atoms with Crippen LogP contribution in [0.5, 0.6) is 0 Å². The molecule has 0 saturated heterocycles. The largest absolute Gasteiger partial charge is 0.383 e. The molecule has 0 fully saturated rings. The van der Waals surface area contributed by atoms with Crippen LogP contribution in [0, 0.1) is 0 Å². The summed E-state index contributed by atoms with van der Waals surface area (Å²) in [5.41, 5.74) is 0. The topological polar surface area (TPSA) is 38.3 Å². The Morgan fingerprint density at radius 3 is 2.56 bits per heavy atom. The average molecular weight is 278 g/mol. The lowest BCUT2D eigenvalue weighted by Crippen LogP contribution is -2.26. The minimum atomic E-state index is -0.00987. The molecule has 0 aromatic carbocycles. The lowest BCUT2D eigenvalue weighted by Gasteiger charge is -2.09. The molecule has 108 valence electrons. The van der Waals surface area contributed by atoms with E-state index in [2.05, 4.69) is 12.2 Å². The van der Waals surface area contributed by atoms with Crippen LogP contribution in [-0.2, 0) is 9.53 Å². The molecule has 0 spiro atoms. The van der Waals surface area contributed by atoms with Crippen molar-refractivity contribution in [3.63, 3.8) is 0 Å². The van der Waals surface area contributed by atoms with Crippen LogP contribution in [0.1, 0.15) is 58.3 Å². The first kappa shape index (κ1) is 17.7. The molecule has 1 unspecified atom stereocenters. The van der Waals surface area contributed by atoms with Crippen molar-refractivity contribution in [2.45, 2.75) is 63.7 Å². The summed E-state index contributed by atoms with van der Waals surface area (Å²) in [7, 11) is 1.63. The second kappa shape index (κ2) is 13.2. The van der Waals surface area contributed by atoms with Crippen LogP contribution in [0.3, 0.4) is 0 Å². The summed E-state index contributed by atoms with van der Waals surface area (Å²) in [5, 5.41) is 2.89. The van der Waals surface area contributed by atoms with Gasteiger partial charge in [-0.25, -0.2) is 0 Å². The zero-order chi connectivity index (χ0) is 13.6. The maximum atomic E-state index is 11.5. The molecule has 1 amide bonds. The number of ether oxygens (including phenoxy) is 1. The van der Waals surface area contributed by atoms with Crippen molar-refractivity contribution in [1.29, 1.82) is 0 Å². The van der Waals surface area contributed by atoms with E-state index < -0.39 is 0 Å². The minimum absolute atomic E-state index is 0.00987. The number of hydrogen-bond acceptors (Lipinski definition) is 2. The molecule has 0 saturated carbocycles. The maximum absolute atomic E-state index is 11.5. The van der Waals surface area contributed by atoms with E-state index in [0.29, 0.717) is 19.6 Å².